The third-order valence-corrected chi connectivity index (χ3v) is 3.68. The van der Waals surface area contributed by atoms with Crippen LogP contribution in [-0.4, -0.2) is 18.1 Å². The molecule has 4 heteroatoms. The number of aromatic nitrogens is 1. The molecule has 0 aliphatic heterocycles. The SMILES string of the molecule is CN(Cc1ccccn1)c1cc(F)cc(CNC2CC2)c1. The molecule has 1 aliphatic carbocycles. The van der Waals surface area contributed by atoms with E-state index in [-0.39, 0.29) is 5.82 Å². The van der Waals surface area contributed by atoms with Crippen LogP contribution in [0.5, 0.6) is 0 Å². The molecule has 1 N–H and O–H groups in total. The van der Waals surface area contributed by atoms with E-state index < -0.39 is 0 Å². The fourth-order valence-corrected chi connectivity index (χ4v) is 2.33. The maximum atomic E-state index is 13.8. The van der Waals surface area contributed by atoms with Crippen molar-refractivity contribution < 1.29 is 4.39 Å². The fourth-order valence-electron chi connectivity index (χ4n) is 2.33. The number of hydrogen-bond donors (Lipinski definition) is 1. The van der Waals surface area contributed by atoms with Gasteiger partial charge in [-0.2, -0.15) is 0 Å². The van der Waals surface area contributed by atoms with Crippen molar-refractivity contribution in [2.24, 2.45) is 0 Å². The zero-order chi connectivity index (χ0) is 14.7. The molecule has 0 saturated heterocycles. The summed E-state index contributed by atoms with van der Waals surface area (Å²) < 4.78 is 13.8. The third kappa shape index (κ3) is 4.02. The van der Waals surface area contributed by atoms with Gasteiger partial charge in [0.1, 0.15) is 5.82 Å². The first kappa shape index (κ1) is 14.0. The van der Waals surface area contributed by atoms with Crippen LogP contribution in [0.1, 0.15) is 24.1 Å². The monoisotopic (exact) mass is 285 g/mol. The second-order valence-electron chi connectivity index (χ2n) is 5.65. The molecule has 0 unspecified atom stereocenters. The normalized spacial score (nSPS) is 14.2. The van der Waals surface area contributed by atoms with Crippen molar-refractivity contribution in [3.05, 3.63) is 59.7 Å². The van der Waals surface area contributed by atoms with Crippen LogP contribution < -0.4 is 10.2 Å². The van der Waals surface area contributed by atoms with Crippen molar-refractivity contribution in [3.8, 4) is 0 Å². The van der Waals surface area contributed by atoms with E-state index in [1.165, 1.54) is 12.8 Å². The molecule has 1 heterocycles. The number of benzene rings is 1. The summed E-state index contributed by atoms with van der Waals surface area (Å²) in [7, 11) is 1.96. The number of nitrogens with one attached hydrogen (secondary N) is 1. The zero-order valence-electron chi connectivity index (χ0n) is 12.2. The van der Waals surface area contributed by atoms with Crippen LogP contribution >= 0.6 is 0 Å². The molecule has 2 aromatic rings. The van der Waals surface area contributed by atoms with Gasteiger partial charge in [-0.1, -0.05) is 6.07 Å². The Morgan fingerprint density at radius 1 is 1.29 bits per heavy atom. The Kier molecular flexibility index (Phi) is 4.15. The molecule has 110 valence electrons. The summed E-state index contributed by atoms with van der Waals surface area (Å²) in [6, 6.07) is 11.7. The van der Waals surface area contributed by atoms with Crippen molar-refractivity contribution in [1.82, 2.24) is 10.3 Å². The Hall–Kier alpha value is -1.94. The van der Waals surface area contributed by atoms with Crippen LogP contribution in [0, 0.1) is 5.82 Å². The molecular weight excluding hydrogens is 265 g/mol. The lowest BCUT2D eigenvalue weighted by Crippen LogP contribution is -2.19. The van der Waals surface area contributed by atoms with E-state index in [1.54, 1.807) is 18.3 Å². The smallest absolute Gasteiger partial charge is 0.125 e. The van der Waals surface area contributed by atoms with Crippen LogP contribution in [0.3, 0.4) is 0 Å². The van der Waals surface area contributed by atoms with E-state index in [0.29, 0.717) is 12.6 Å². The molecule has 0 amide bonds. The number of anilines is 1. The predicted molar refractivity (Wildman–Crippen MR) is 82.6 cm³/mol. The van der Waals surface area contributed by atoms with E-state index in [2.05, 4.69) is 10.3 Å². The lowest BCUT2D eigenvalue weighted by molar-refractivity contribution is 0.618. The quantitative estimate of drug-likeness (QED) is 0.884. The summed E-state index contributed by atoms with van der Waals surface area (Å²) in [5.74, 6) is -0.187. The molecule has 1 aromatic carbocycles. The maximum Gasteiger partial charge on any atom is 0.125 e. The Morgan fingerprint density at radius 3 is 2.86 bits per heavy atom. The molecule has 0 bridgehead atoms. The van der Waals surface area contributed by atoms with Gasteiger partial charge in [0.25, 0.3) is 0 Å². The second-order valence-corrected chi connectivity index (χ2v) is 5.65. The first-order valence-electron chi connectivity index (χ1n) is 7.34. The molecule has 21 heavy (non-hydrogen) atoms. The van der Waals surface area contributed by atoms with Gasteiger partial charge in [-0.3, -0.25) is 4.98 Å². The van der Waals surface area contributed by atoms with Crippen molar-refractivity contribution >= 4 is 5.69 Å². The van der Waals surface area contributed by atoms with Crippen LogP contribution in [0.2, 0.25) is 0 Å². The molecule has 0 spiro atoms. The molecular formula is C17H20FN3. The third-order valence-electron chi connectivity index (χ3n) is 3.68. The van der Waals surface area contributed by atoms with E-state index >= 15 is 0 Å². The summed E-state index contributed by atoms with van der Waals surface area (Å²) in [4.78, 5) is 6.33. The average molecular weight is 285 g/mol. The largest absolute Gasteiger partial charge is 0.369 e. The zero-order valence-corrected chi connectivity index (χ0v) is 12.2. The van der Waals surface area contributed by atoms with Gasteiger partial charge in [-0.25, -0.2) is 4.39 Å². The molecule has 1 saturated carbocycles. The lowest BCUT2D eigenvalue weighted by atomic mass is 10.1. The number of hydrogen-bond acceptors (Lipinski definition) is 3. The van der Waals surface area contributed by atoms with Gasteiger partial charge in [0.05, 0.1) is 12.2 Å². The van der Waals surface area contributed by atoms with Crippen molar-refractivity contribution in [3.63, 3.8) is 0 Å². The minimum atomic E-state index is -0.187. The number of nitrogens with zero attached hydrogens (tertiary/aromatic N) is 2. The minimum Gasteiger partial charge on any atom is -0.369 e. The number of rotatable bonds is 6. The van der Waals surface area contributed by atoms with Crippen LogP contribution in [0.15, 0.2) is 42.6 Å². The van der Waals surface area contributed by atoms with Crippen molar-refractivity contribution in [1.29, 1.82) is 0 Å². The minimum absolute atomic E-state index is 0.187. The van der Waals surface area contributed by atoms with Crippen LogP contribution in [-0.2, 0) is 13.1 Å². The molecule has 3 nitrogen and oxygen atoms in total. The molecule has 1 aromatic heterocycles. The predicted octanol–water partition coefficient (Wildman–Crippen LogP) is 3.11. The average Bonchev–Trinajstić information content (AvgIpc) is 3.30. The highest BCUT2D eigenvalue weighted by Gasteiger charge is 2.20. The van der Waals surface area contributed by atoms with Gasteiger partial charge < -0.3 is 10.2 Å². The Morgan fingerprint density at radius 2 is 2.14 bits per heavy atom. The summed E-state index contributed by atoms with van der Waals surface area (Å²) in [5.41, 5.74) is 2.85. The van der Waals surface area contributed by atoms with Gasteiger partial charge in [0.2, 0.25) is 0 Å². The van der Waals surface area contributed by atoms with Crippen molar-refractivity contribution in [2.75, 3.05) is 11.9 Å². The Balaban J connectivity index is 1.70. The topological polar surface area (TPSA) is 28.2 Å². The molecule has 0 atom stereocenters. The molecule has 1 aliphatic rings. The van der Waals surface area contributed by atoms with E-state index in [9.17, 15) is 4.39 Å². The van der Waals surface area contributed by atoms with Gasteiger partial charge in [0, 0.05) is 31.5 Å². The van der Waals surface area contributed by atoms with Crippen molar-refractivity contribution in [2.45, 2.75) is 32.0 Å². The Labute approximate surface area is 124 Å². The van der Waals surface area contributed by atoms with Gasteiger partial charge >= 0.3 is 0 Å². The lowest BCUT2D eigenvalue weighted by Gasteiger charge is -2.20. The summed E-state index contributed by atoms with van der Waals surface area (Å²) in [6.07, 6.45) is 4.25. The van der Waals surface area contributed by atoms with E-state index in [0.717, 1.165) is 23.5 Å². The van der Waals surface area contributed by atoms with E-state index in [1.807, 2.05) is 36.2 Å². The first-order valence-corrected chi connectivity index (χ1v) is 7.34. The van der Waals surface area contributed by atoms with Gasteiger partial charge in [-0.15, -0.1) is 0 Å². The molecule has 0 radical (unpaired) electrons. The summed E-state index contributed by atoms with van der Waals surface area (Å²) in [6.45, 7) is 1.40. The standard InChI is InChI=1S/C17H20FN3/c1-21(12-16-4-2-3-7-19-16)17-9-13(8-14(18)10-17)11-20-15-5-6-15/h2-4,7-10,15,20H,5-6,11-12H2,1H3. The summed E-state index contributed by atoms with van der Waals surface area (Å²) >= 11 is 0. The van der Waals surface area contributed by atoms with Crippen LogP contribution in [0.25, 0.3) is 0 Å². The van der Waals surface area contributed by atoms with Gasteiger partial charge in [0.15, 0.2) is 0 Å². The molecule has 3 rings (SSSR count). The van der Waals surface area contributed by atoms with E-state index in [4.69, 9.17) is 0 Å². The van der Waals surface area contributed by atoms with Gasteiger partial charge in [-0.05, 0) is 48.7 Å². The highest BCUT2D eigenvalue weighted by Crippen LogP contribution is 2.22. The van der Waals surface area contributed by atoms with Crippen LogP contribution in [0.4, 0.5) is 10.1 Å². The highest BCUT2D eigenvalue weighted by atomic mass is 19.1. The second kappa shape index (κ2) is 6.22. The molecule has 1 fully saturated rings. The summed E-state index contributed by atoms with van der Waals surface area (Å²) in [5, 5.41) is 3.42. The number of halogens is 1. The fraction of sp³-hybridized carbons (Fsp3) is 0.353. The Bertz CT molecular complexity index is 596. The number of pyridine rings is 1. The highest BCUT2D eigenvalue weighted by molar-refractivity contribution is 5.48. The maximum absolute atomic E-state index is 13.8. The first-order chi connectivity index (χ1) is 10.2.